The van der Waals surface area contributed by atoms with Crippen LogP contribution >= 0.6 is 46.3 Å². The van der Waals surface area contributed by atoms with Crippen molar-refractivity contribution in [1.29, 1.82) is 0 Å². The van der Waals surface area contributed by atoms with Crippen LogP contribution in [0.4, 0.5) is 5.69 Å². The molecule has 136 valence electrons. The van der Waals surface area contributed by atoms with Crippen LogP contribution in [-0.4, -0.2) is 26.4 Å². The molecule has 1 amide bonds. The molecule has 0 unspecified atom stereocenters. The number of hydrogen-bond acceptors (Lipinski definition) is 5. The Morgan fingerprint density at radius 1 is 1.27 bits per heavy atom. The minimum atomic E-state index is -0.151. The number of rotatable bonds is 6. The lowest BCUT2D eigenvalue weighted by molar-refractivity contribution is -0.113. The Morgan fingerprint density at radius 2 is 2.08 bits per heavy atom. The second-order valence-electron chi connectivity index (χ2n) is 5.49. The van der Waals surface area contributed by atoms with Crippen molar-refractivity contribution in [2.45, 2.75) is 18.5 Å². The van der Waals surface area contributed by atoms with E-state index in [0.29, 0.717) is 20.9 Å². The van der Waals surface area contributed by atoms with Gasteiger partial charge in [-0.25, -0.2) is 0 Å². The molecular weight excluding hydrogens is 411 g/mol. The molecule has 5 nitrogen and oxygen atoms in total. The van der Waals surface area contributed by atoms with E-state index in [4.69, 9.17) is 23.2 Å². The fraction of sp³-hybridized carbons (Fsp3) is 0.235. The molecule has 1 N–H and O–H groups in total. The number of carbonyl (C=O) groups excluding carboxylic acids is 1. The van der Waals surface area contributed by atoms with Gasteiger partial charge in [0.05, 0.1) is 15.8 Å². The normalized spacial score (nSPS) is 10.9. The average Bonchev–Trinajstić information content (AvgIpc) is 3.23. The first-order valence-corrected chi connectivity index (χ1v) is 10.4. The molecule has 1 aromatic carbocycles. The molecular formula is C17H16Cl2N4OS2. The lowest BCUT2D eigenvalue weighted by Crippen LogP contribution is -2.14. The number of aromatic nitrogens is 3. The molecule has 0 atom stereocenters. The van der Waals surface area contributed by atoms with Crippen LogP contribution in [0.5, 0.6) is 0 Å². The number of amides is 1. The molecule has 0 saturated carbocycles. The maximum Gasteiger partial charge on any atom is 0.234 e. The van der Waals surface area contributed by atoms with Crippen LogP contribution in [0.25, 0.3) is 11.4 Å². The Balaban J connectivity index is 1.62. The van der Waals surface area contributed by atoms with Crippen molar-refractivity contribution in [3.63, 3.8) is 0 Å². The summed E-state index contributed by atoms with van der Waals surface area (Å²) in [5, 5.41) is 14.9. The van der Waals surface area contributed by atoms with Crippen molar-refractivity contribution in [1.82, 2.24) is 14.8 Å². The van der Waals surface area contributed by atoms with Gasteiger partial charge in [0.25, 0.3) is 0 Å². The molecule has 2 aromatic heterocycles. The number of thiophene rings is 1. The van der Waals surface area contributed by atoms with Crippen molar-refractivity contribution in [2.75, 3.05) is 11.1 Å². The van der Waals surface area contributed by atoms with Crippen molar-refractivity contribution < 1.29 is 4.79 Å². The molecule has 0 saturated heterocycles. The number of aryl methyl sites for hydroxylation is 1. The Morgan fingerprint density at radius 3 is 2.77 bits per heavy atom. The Hall–Kier alpha value is -1.54. The topological polar surface area (TPSA) is 59.8 Å². The van der Waals surface area contributed by atoms with Crippen LogP contribution in [-0.2, 0) is 18.3 Å². The van der Waals surface area contributed by atoms with Crippen LogP contribution in [0.15, 0.2) is 34.8 Å². The maximum absolute atomic E-state index is 12.1. The highest BCUT2D eigenvalue weighted by molar-refractivity contribution is 7.99. The lowest BCUT2D eigenvalue weighted by atomic mass is 10.2. The summed E-state index contributed by atoms with van der Waals surface area (Å²) in [5.74, 6) is 0.867. The van der Waals surface area contributed by atoms with Gasteiger partial charge in [0, 0.05) is 28.6 Å². The van der Waals surface area contributed by atoms with Crippen molar-refractivity contribution in [3.8, 4) is 11.4 Å². The van der Waals surface area contributed by atoms with Gasteiger partial charge in [0.15, 0.2) is 11.0 Å². The largest absolute Gasteiger partial charge is 0.325 e. The number of nitrogens with zero attached hydrogens (tertiary/aromatic N) is 3. The second kappa shape index (κ2) is 8.43. The maximum atomic E-state index is 12.1. The molecule has 0 aliphatic heterocycles. The van der Waals surface area contributed by atoms with Gasteiger partial charge in [0.1, 0.15) is 0 Å². The molecule has 3 rings (SSSR count). The highest BCUT2D eigenvalue weighted by atomic mass is 35.5. The summed E-state index contributed by atoms with van der Waals surface area (Å²) in [7, 11) is 1.90. The highest BCUT2D eigenvalue weighted by Gasteiger charge is 2.14. The fourth-order valence-corrected chi connectivity index (χ4v) is 4.10. The van der Waals surface area contributed by atoms with Crippen LogP contribution in [0.1, 0.15) is 11.8 Å². The van der Waals surface area contributed by atoms with E-state index < -0.39 is 0 Å². The van der Waals surface area contributed by atoms with E-state index in [-0.39, 0.29) is 11.7 Å². The standard InChI is InChI=1S/C17H16Cl2N4OS2/c1-3-12-6-10(8-25-12)16-21-22-17(23(16)2)26-9-15(24)20-11-4-5-13(18)14(19)7-11/h4-8H,3,9H2,1-2H3,(H,20,24). The van der Waals surface area contributed by atoms with Gasteiger partial charge in [-0.15, -0.1) is 21.5 Å². The predicted octanol–water partition coefficient (Wildman–Crippen LogP) is 5.14. The summed E-state index contributed by atoms with van der Waals surface area (Å²) in [5.41, 5.74) is 1.66. The van der Waals surface area contributed by atoms with Crippen molar-refractivity contribution in [3.05, 3.63) is 44.6 Å². The van der Waals surface area contributed by atoms with E-state index in [1.54, 1.807) is 29.5 Å². The van der Waals surface area contributed by atoms with Crippen molar-refractivity contribution in [2.24, 2.45) is 7.05 Å². The number of halogens is 2. The number of carbonyl (C=O) groups is 1. The van der Waals surface area contributed by atoms with E-state index in [0.717, 1.165) is 17.8 Å². The van der Waals surface area contributed by atoms with E-state index in [1.165, 1.54) is 16.6 Å². The van der Waals surface area contributed by atoms with Gasteiger partial charge in [-0.1, -0.05) is 41.9 Å². The van der Waals surface area contributed by atoms with Gasteiger partial charge >= 0.3 is 0 Å². The molecule has 0 fully saturated rings. The van der Waals surface area contributed by atoms with E-state index in [9.17, 15) is 4.79 Å². The number of benzene rings is 1. The van der Waals surface area contributed by atoms with E-state index in [1.807, 2.05) is 11.6 Å². The number of thioether (sulfide) groups is 1. The molecule has 26 heavy (non-hydrogen) atoms. The smallest absolute Gasteiger partial charge is 0.234 e. The highest BCUT2D eigenvalue weighted by Crippen LogP contribution is 2.28. The third-order valence-corrected chi connectivity index (χ3v) is 6.47. The summed E-state index contributed by atoms with van der Waals surface area (Å²) in [4.78, 5) is 13.5. The average molecular weight is 427 g/mol. The van der Waals surface area contributed by atoms with Crippen molar-refractivity contribution >= 4 is 57.9 Å². The van der Waals surface area contributed by atoms with Crippen LogP contribution in [0, 0.1) is 0 Å². The van der Waals surface area contributed by atoms with Gasteiger partial charge in [0.2, 0.25) is 5.91 Å². The van der Waals surface area contributed by atoms with Gasteiger partial charge in [-0.3, -0.25) is 4.79 Å². The second-order valence-corrected chi connectivity index (χ2v) is 8.24. The Bertz CT molecular complexity index is 939. The minimum absolute atomic E-state index is 0.151. The lowest BCUT2D eigenvalue weighted by Gasteiger charge is -2.06. The molecule has 0 aliphatic rings. The third kappa shape index (κ3) is 4.40. The van der Waals surface area contributed by atoms with E-state index in [2.05, 4.69) is 33.9 Å². The van der Waals surface area contributed by atoms with Crippen LogP contribution in [0.3, 0.4) is 0 Å². The number of anilines is 1. The SMILES string of the molecule is CCc1cc(-c2nnc(SCC(=O)Nc3ccc(Cl)c(Cl)c3)n2C)cs1. The Labute approximate surface area is 169 Å². The summed E-state index contributed by atoms with van der Waals surface area (Å²) in [6.07, 6.45) is 0.999. The Kier molecular flexibility index (Phi) is 6.24. The first-order valence-electron chi connectivity index (χ1n) is 7.82. The molecule has 9 heteroatoms. The first-order chi connectivity index (χ1) is 12.5. The molecule has 0 radical (unpaired) electrons. The van der Waals surface area contributed by atoms with Gasteiger partial charge < -0.3 is 9.88 Å². The van der Waals surface area contributed by atoms with Gasteiger partial charge in [-0.05, 0) is 30.7 Å². The number of nitrogens with one attached hydrogen (secondary N) is 1. The zero-order valence-electron chi connectivity index (χ0n) is 14.1. The first kappa shape index (κ1) is 19.2. The predicted molar refractivity (Wildman–Crippen MR) is 110 cm³/mol. The molecule has 3 aromatic rings. The summed E-state index contributed by atoms with van der Waals surface area (Å²) >= 11 is 14.9. The summed E-state index contributed by atoms with van der Waals surface area (Å²) in [6.45, 7) is 2.13. The van der Waals surface area contributed by atoms with E-state index >= 15 is 0 Å². The molecule has 0 aliphatic carbocycles. The van der Waals surface area contributed by atoms with Crippen LogP contribution < -0.4 is 5.32 Å². The third-order valence-electron chi connectivity index (χ3n) is 3.63. The zero-order chi connectivity index (χ0) is 18.7. The minimum Gasteiger partial charge on any atom is -0.325 e. The van der Waals surface area contributed by atoms with Gasteiger partial charge in [-0.2, -0.15) is 0 Å². The molecule has 0 spiro atoms. The zero-order valence-corrected chi connectivity index (χ0v) is 17.3. The summed E-state index contributed by atoms with van der Waals surface area (Å²) in [6, 6.07) is 7.10. The summed E-state index contributed by atoms with van der Waals surface area (Å²) < 4.78 is 1.90. The fourth-order valence-electron chi connectivity index (χ4n) is 2.28. The quantitative estimate of drug-likeness (QED) is 0.553. The molecule has 0 bridgehead atoms. The number of hydrogen-bond donors (Lipinski definition) is 1. The van der Waals surface area contributed by atoms with Crippen LogP contribution in [0.2, 0.25) is 10.0 Å². The molecule has 2 heterocycles. The monoisotopic (exact) mass is 426 g/mol.